The number of amides is 1. The van der Waals surface area contributed by atoms with E-state index in [2.05, 4.69) is 0 Å². The van der Waals surface area contributed by atoms with E-state index >= 15 is 0 Å². The van der Waals surface area contributed by atoms with E-state index in [4.69, 9.17) is 8.92 Å². The monoisotopic (exact) mass is 587 g/mol. The molecule has 0 radical (unpaired) electrons. The van der Waals surface area contributed by atoms with Gasteiger partial charge in [0.25, 0.3) is 0 Å². The van der Waals surface area contributed by atoms with Crippen LogP contribution in [0.2, 0.25) is 0 Å². The van der Waals surface area contributed by atoms with Gasteiger partial charge >= 0.3 is 22.2 Å². The summed E-state index contributed by atoms with van der Waals surface area (Å²) in [7, 11) is -3.88. The summed E-state index contributed by atoms with van der Waals surface area (Å²) < 4.78 is 87.6. The quantitative estimate of drug-likeness (QED) is 0.174. The van der Waals surface area contributed by atoms with E-state index in [0.29, 0.717) is 27.8 Å². The predicted molar refractivity (Wildman–Crippen MR) is 148 cm³/mol. The molecule has 41 heavy (non-hydrogen) atoms. The normalized spacial score (nSPS) is 11.7. The van der Waals surface area contributed by atoms with E-state index in [-0.39, 0.29) is 29.4 Å². The fourth-order valence-corrected chi connectivity index (χ4v) is 4.65. The van der Waals surface area contributed by atoms with Crippen LogP contribution in [0.25, 0.3) is 22.3 Å². The number of ether oxygens (including phenoxy) is 1. The molecule has 1 amide bonds. The number of halogens is 4. The molecule has 0 heterocycles. The van der Waals surface area contributed by atoms with Crippen LogP contribution in [0.15, 0.2) is 78.9 Å². The van der Waals surface area contributed by atoms with Gasteiger partial charge in [-0.25, -0.2) is 4.39 Å². The third-order valence-electron chi connectivity index (χ3n) is 6.08. The van der Waals surface area contributed by atoms with Gasteiger partial charge in [0.1, 0.15) is 12.4 Å². The highest BCUT2D eigenvalue weighted by Gasteiger charge is 2.38. The van der Waals surface area contributed by atoms with Crippen molar-refractivity contribution in [2.75, 3.05) is 11.6 Å². The largest absolute Gasteiger partial charge is 0.485 e. The first kappa shape index (κ1) is 29.6. The van der Waals surface area contributed by atoms with Crippen molar-refractivity contribution in [2.45, 2.75) is 26.6 Å². The zero-order valence-corrected chi connectivity index (χ0v) is 23.0. The lowest BCUT2D eigenvalue weighted by molar-refractivity contribution is -0.167. The van der Waals surface area contributed by atoms with Crippen molar-refractivity contribution in [1.82, 2.24) is 0 Å². The zero-order valence-electron chi connectivity index (χ0n) is 22.2. The Morgan fingerprint density at radius 1 is 0.829 bits per heavy atom. The smallest absolute Gasteiger partial charge is 0.471 e. The molecule has 6 nitrogen and oxygen atoms in total. The Hall–Kier alpha value is -4.38. The maximum absolute atomic E-state index is 14.9. The van der Waals surface area contributed by atoms with Crippen molar-refractivity contribution >= 4 is 21.7 Å². The lowest BCUT2D eigenvalue weighted by atomic mass is 9.91. The predicted octanol–water partition coefficient (Wildman–Crippen LogP) is 7.19. The molecule has 0 aliphatic carbocycles. The first-order valence-electron chi connectivity index (χ1n) is 12.2. The Balaban J connectivity index is 1.66. The minimum Gasteiger partial charge on any atom is -0.485 e. The summed E-state index contributed by atoms with van der Waals surface area (Å²) in [5.74, 6) is -2.78. The fraction of sp³-hybridized carbons (Fsp3) is 0.167. The second-order valence-corrected chi connectivity index (χ2v) is 10.9. The summed E-state index contributed by atoms with van der Waals surface area (Å²) in [6.07, 6.45) is -4.17. The number of nitrogens with one attached hydrogen (secondary N) is 1. The third-order valence-corrected chi connectivity index (χ3v) is 6.56. The first-order chi connectivity index (χ1) is 19.2. The van der Waals surface area contributed by atoms with Crippen LogP contribution in [0.3, 0.4) is 0 Å². The second kappa shape index (κ2) is 11.6. The van der Waals surface area contributed by atoms with E-state index in [1.54, 1.807) is 49.5 Å². The highest BCUT2D eigenvalue weighted by molar-refractivity contribution is 7.86. The molecule has 11 heteroatoms. The van der Waals surface area contributed by atoms with Crippen LogP contribution < -0.4 is 14.2 Å². The molecule has 0 saturated heterocycles. The number of anilines is 1. The lowest BCUT2D eigenvalue weighted by Crippen LogP contribution is -2.29. The van der Waals surface area contributed by atoms with Crippen molar-refractivity contribution in [3.05, 3.63) is 101 Å². The summed E-state index contributed by atoms with van der Waals surface area (Å²) in [5.41, 5.74) is 3.87. The van der Waals surface area contributed by atoms with Crippen LogP contribution in [-0.2, 0) is 21.5 Å². The van der Waals surface area contributed by atoms with E-state index in [1.165, 1.54) is 12.1 Å². The molecule has 0 fully saturated rings. The van der Waals surface area contributed by atoms with Crippen LogP contribution >= 0.6 is 0 Å². The van der Waals surface area contributed by atoms with Crippen molar-refractivity contribution < 1.29 is 39.7 Å². The number of hydrogen-bond donors (Lipinski definition) is 1. The standard InChI is InChI=1S/C30H25F4NO5S/c1-18-14-25(23-11-10-22(16-26(23)31)35-29(36)30(32,33)34)19(2)13-24(18)21-9-12-27(28(15-21)40-41(3,37)38)39-17-20-7-5-4-6-8-20/h4-16H,17H2,1-3H3,(H,35,36). The lowest BCUT2D eigenvalue weighted by Gasteiger charge is -2.16. The van der Waals surface area contributed by atoms with Gasteiger partial charge in [0.15, 0.2) is 11.5 Å². The number of carbonyl (C=O) groups excluding carboxylic acids is 1. The number of rotatable bonds is 8. The Kier molecular flexibility index (Phi) is 8.39. The maximum Gasteiger partial charge on any atom is 0.471 e. The van der Waals surface area contributed by atoms with Crippen LogP contribution in [0.1, 0.15) is 16.7 Å². The van der Waals surface area contributed by atoms with E-state index in [1.807, 2.05) is 30.3 Å². The second-order valence-electron chi connectivity index (χ2n) is 9.35. The summed E-state index contributed by atoms with van der Waals surface area (Å²) in [6.45, 7) is 3.71. The maximum atomic E-state index is 14.9. The molecule has 0 bridgehead atoms. The van der Waals surface area contributed by atoms with Crippen LogP contribution in [0.4, 0.5) is 23.2 Å². The molecule has 0 aliphatic heterocycles. The summed E-state index contributed by atoms with van der Waals surface area (Å²) in [5, 5.41) is 1.63. The SMILES string of the molecule is Cc1cc(-c2ccc(NC(=O)C(F)(F)F)cc2F)c(C)cc1-c1ccc(OCc2ccccc2)c(OS(C)(=O)=O)c1. The van der Waals surface area contributed by atoms with Gasteiger partial charge in [-0.1, -0.05) is 48.5 Å². The third kappa shape index (κ3) is 7.43. The minimum absolute atomic E-state index is 0.00426. The molecule has 1 N–H and O–H groups in total. The zero-order chi connectivity index (χ0) is 29.9. The summed E-state index contributed by atoms with van der Waals surface area (Å²) >= 11 is 0. The average molecular weight is 588 g/mol. The Morgan fingerprint density at radius 3 is 2.12 bits per heavy atom. The number of carbonyl (C=O) groups is 1. The van der Waals surface area contributed by atoms with Gasteiger partial charge in [-0.05, 0) is 77.6 Å². The molecule has 0 aromatic heterocycles. The Bertz CT molecular complexity index is 1700. The topological polar surface area (TPSA) is 81.7 Å². The van der Waals surface area contributed by atoms with Gasteiger partial charge in [-0.2, -0.15) is 21.6 Å². The summed E-state index contributed by atoms with van der Waals surface area (Å²) in [6, 6.07) is 21.0. The van der Waals surface area contributed by atoms with Crippen LogP contribution in [-0.4, -0.2) is 26.8 Å². The van der Waals surface area contributed by atoms with Crippen molar-refractivity contribution in [1.29, 1.82) is 0 Å². The fourth-order valence-electron chi connectivity index (χ4n) is 4.19. The van der Waals surface area contributed by atoms with Crippen LogP contribution in [0.5, 0.6) is 11.5 Å². The molecule has 0 spiro atoms. The van der Waals surface area contributed by atoms with E-state index < -0.39 is 28.0 Å². The average Bonchev–Trinajstić information content (AvgIpc) is 2.88. The number of alkyl halides is 3. The van der Waals surface area contributed by atoms with Crippen molar-refractivity contribution in [2.24, 2.45) is 0 Å². The molecule has 0 saturated carbocycles. The molecule has 214 valence electrons. The van der Waals surface area contributed by atoms with E-state index in [0.717, 1.165) is 17.9 Å². The number of benzene rings is 4. The molecular weight excluding hydrogens is 562 g/mol. The van der Waals surface area contributed by atoms with Gasteiger partial charge in [0, 0.05) is 11.3 Å². The van der Waals surface area contributed by atoms with Gasteiger partial charge < -0.3 is 14.2 Å². The molecule has 0 aliphatic rings. The highest BCUT2D eigenvalue weighted by Crippen LogP contribution is 2.38. The first-order valence-corrected chi connectivity index (χ1v) is 14.0. The Labute approximate surface area is 234 Å². The minimum atomic E-state index is -5.10. The van der Waals surface area contributed by atoms with E-state index in [9.17, 15) is 30.8 Å². The Morgan fingerprint density at radius 2 is 1.49 bits per heavy atom. The van der Waals surface area contributed by atoms with Gasteiger partial charge in [0.05, 0.1) is 6.26 Å². The van der Waals surface area contributed by atoms with Gasteiger partial charge in [-0.3, -0.25) is 4.79 Å². The number of hydrogen-bond acceptors (Lipinski definition) is 5. The highest BCUT2D eigenvalue weighted by atomic mass is 32.2. The molecule has 4 aromatic rings. The molecule has 0 unspecified atom stereocenters. The van der Waals surface area contributed by atoms with Crippen LogP contribution in [0, 0.1) is 19.7 Å². The molecule has 4 aromatic carbocycles. The van der Waals surface area contributed by atoms with Gasteiger partial charge in [-0.15, -0.1) is 0 Å². The van der Waals surface area contributed by atoms with Crippen molar-refractivity contribution in [3.8, 4) is 33.8 Å². The number of aryl methyl sites for hydroxylation is 2. The molecular formula is C30H25F4NO5S. The summed E-state index contributed by atoms with van der Waals surface area (Å²) in [4.78, 5) is 11.2. The molecule has 4 rings (SSSR count). The van der Waals surface area contributed by atoms with Crippen molar-refractivity contribution in [3.63, 3.8) is 0 Å². The van der Waals surface area contributed by atoms with Gasteiger partial charge in [0.2, 0.25) is 0 Å². The molecule has 0 atom stereocenters.